The van der Waals surface area contributed by atoms with Crippen molar-refractivity contribution in [2.24, 2.45) is 0 Å². The van der Waals surface area contributed by atoms with E-state index in [-0.39, 0.29) is 5.91 Å². The molecule has 3 rings (SSSR count). The molecule has 2 aromatic rings. The smallest absolute Gasteiger partial charge is 0.235 e. The monoisotopic (exact) mass is 402 g/mol. The van der Waals surface area contributed by atoms with Gasteiger partial charge < -0.3 is 14.8 Å². The van der Waals surface area contributed by atoms with E-state index in [1.807, 2.05) is 37.3 Å². The first-order chi connectivity index (χ1) is 13.6. The third-order valence-electron chi connectivity index (χ3n) is 5.21. The summed E-state index contributed by atoms with van der Waals surface area (Å²) in [5, 5.41) is 3.73. The highest BCUT2D eigenvalue weighted by molar-refractivity contribution is 6.30. The van der Waals surface area contributed by atoms with Crippen molar-refractivity contribution < 1.29 is 14.3 Å². The number of nitrogens with one attached hydrogen (secondary N) is 1. The number of rotatable bonds is 8. The van der Waals surface area contributed by atoms with Crippen LogP contribution in [0, 0.1) is 0 Å². The molecule has 0 bridgehead atoms. The minimum absolute atomic E-state index is 0.0151. The summed E-state index contributed by atoms with van der Waals surface area (Å²) in [5.41, 5.74) is 1.18. The van der Waals surface area contributed by atoms with Crippen molar-refractivity contribution in [3.8, 4) is 5.88 Å². The van der Waals surface area contributed by atoms with Gasteiger partial charge in [-0.25, -0.2) is 4.98 Å². The summed E-state index contributed by atoms with van der Waals surface area (Å²) < 4.78 is 10.8. The number of pyridine rings is 1. The molecule has 1 aromatic carbocycles. The van der Waals surface area contributed by atoms with E-state index >= 15 is 0 Å². The van der Waals surface area contributed by atoms with Crippen LogP contribution in [0.1, 0.15) is 44.6 Å². The molecule has 0 unspecified atom stereocenters. The second-order valence-electron chi connectivity index (χ2n) is 7.03. The normalized spacial score (nSPS) is 15.8. The number of carbonyl (C=O) groups is 1. The largest absolute Gasteiger partial charge is 0.475 e. The summed E-state index contributed by atoms with van der Waals surface area (Å²) >= 11 is 6.05. The molecule has 0 radical (unpaired) electrons. The summed E-state index contributed by atoms with van der Waals surface area (Å²) in [4.78, 5) is 17.6. The molecule has 5 nitrogen and oxygen atoms in total. The molecule has 0 saturated heterocycles. The second kappa shape index (κ2) is 9.89. The second-order valence-corrected chi connectivity index (χ2v) is 7.47. The van der Waals surface area contributed by atoms with E-state index in [9.17, 15) is 4.79 Å². The number of hydrogen-bond donors (Lipinski definition) is 1. The van der Waals surface area contributed by atoms with Crippen molar-refractivity contribution in [1.82, 2.24) is 4.98 Å². The molecule has 0 spiro atoms. The van der Waals surface area contributed by atoms with Gasteiger partial charge in [-0.15, -0.1) is 0 Å². The number of aromatic nitrogens is 1. The molecule has 0 atom stereocenters. The Hall–Kier alpha value is -2.11. The van der Waals surface area contributed by atoms with Crippen LogP contribution in [-0.2, 0) is 14.9 Å². The Morgan fingerprint density at radius 1 is 1.11 bits per heavy atom. The molecule has 1 amide bonds. The lowest BCUT2D eigenvalue weighted by Crippen LogP contribution is -2.42. The van der Waals surface area contributed by atoms with E-state index in [1.54, 1.807) is 12.3 Å². The van der Waals surface area contributed by atoms with E-state index in [2.05, 4.69) is 10.3 Å². The maximum absolute atomic E-state index is 13.3. The number of anilines is 1. The third-order valence-corrected chi connectivity index (χ3v) is 5.47. The Balaban J connectivity index is 1.69. The van der Waals surface area contributed by atoms with E-state index in [0.717, 1.165) is 37.7 Å². The van der Waals surface area contributed by atoms with Gasteiger partial charge in [0.15, 0.2) is 0 Å². The van der Waals surface area contributed by atoms with Crippen LogP contribution in [0.3, 0.4) is 0 Å². The third kappa shape index (κ3) is 5.03. The van der Waals surface area contributed by atoms with Gasteiger partial charge in [0.25, 0.3) is 0 Å². The summed E-state index contributed by atoms with van der Waals surface area (Å²) in [6.45, 7) is 3.59. The van der Waals surface area contributed by atoms with Crippen LogP contribution in [0.15, 0.2) is 42.6 Å². The van der Waals surface area contributed by atoms with Crippen molar-refractivity contribution in [3.05, 3.63) is 53.2 Å². The van der Waals surface area contributed by atoms with Gasteiger partial charge in [-0.2, -0.15) is 0 Å². The first-order valence-electron chi connectivity index (χ1n) is 9.88. The minimum atomic E-state index is -0.518. The Labute approximate surface area is 171 Å². The fourth-order valence-electron chi connectivity index (χ4n) is 3.71. The van der Waals surface area contributed by atoms with Crippen LogP contribution in [-0.4, -0.2) is 30.7 Å². The van der Waals surface area contributed by atoms with Crippen molar-refractivity contribution in [1.29, 1.82) is 0 Å². The fourth-order valence-corrected chi connectivity index (χ4v) is 3.84. The van der Waals surface area contributed by atoms with E-state index in [4.69, 9.17) is 21.1 Å². The summed E-state index contributed by atoms with van der Waals surface area (Å²) in [6, 6.07) is 11.2. The predicted molar refractivity (Wildman–Crippen MR) is 111 cm³/mol. The molecule has 1 saturated carbocycles. The molecular weight excluding hydrogens is 376 g/mol. The SMILES string of the molecule is CCOCCOc1ccc(NC(=O)C2(c3ccc(Cl)cc3)CCCCC2)cn1. The number of benzene rings is 1. The highest BCUT2D eigenvalue weighted by Crippen LogP contribution is 2.40. The van der Waals surface area contributed by atoms with Gasteiger partial charge in [-0.05, 0) is 43.5 Å². The highest BCUT2D eigenvalue weighted by Gasteiger charge is 2.41. The molecule has 1 heterocycles. The molecule has 6 heteroatoms. The van der Waals surface area contributed by atoms with Crippen molar-refractivity contribution in [2.75, 3.05) is 25.1 Å². The van der Waals surface area contributed by atoms with Crippen LogP contribution < -0.4 is 10.1 Å². The Bertz CT molecular complexity index is 756. The predicted octanol–water partition coefficient (Wildman–Crippen LogP) is 4.99. The maximum atomic E-state index is 13.3. The van der Waals surface area contributed by atoms with Crippen LogP contribution >= 0.6 is 11.6 Å². The van der Waals surface area contributed by atoms with Gasteiger partial charge in [0.1, 0.15) is 6.61 Å². The Morgan fingerprint density at radius 3 is 2.50 bits per heavy atom. The minimum Gasteiger partial charge on any atom is -0.475 e. The summed E-state index contributed by atoms with van der Waals surface area (Å²) in [7, 11) is 0. The molecule has 1 aromatic heterocycles. The lowest BCUT2D eigenvalue weighted by Gasteiger charge is -2.36. The number of hydrogen-bond acceptors (Lipinski definition) is 4. The van der Waals surface area contributed by atoms with Gasteiger partial charge in [0.2, 0.25) is 11.8 Å². The quantitative estimate of drug-likeness (QED) is 0.632. The first kappa shape index (κ1) is 20.6. The topological polar surface area (TPSA) is 60.5 Å². The molecule has 1 aliphatic rings. The highest BCUT2D eigenvalue weighted by atomic mass is 35.5. The van der Waals surface area contributed by atoms with Crippen molar-refractivity contribution in [3.63, 3.8) is 0 Å². The van der Waals surface area contributed by atoms with Crippen LogP contribution in [0.2, 0.25) is 5.02 Å². The lowest BCUT2D eigenvalue weighted by molar-refractivity contribution is -0.122. The van der Waals surface area contributed by atoms with Crippen LogP contribution in [0.25, 0.3) is 0 Å². The lowest BCUT2D eigenvalue weighted by atomic mass is 9.68. The van der Waals surface area contributed by atoms with Gasteiger partial charge in [0.05, 0.1) is 23.9 Å². The molecule has 150 valence electrons. The van der Waals surface area contributed by atoms with Gasteiger partial charge in [0, 0.05) is 17.7 Å². The van der Waals surface area contributed by atoms with E-state index < -0.39 is 5.41 Å². The Kier molecular flexibility index (Phi) is 7.29. The summed E-state index contributed by atoms with van der Waals surface area (Å²) in [6.07, 6.45) is 6.56. The van der Waals surface area contributed by atoms with Gasteiger partial charge in [-0.1, -0.05) is 43.0 Å². The average Bonchev–Trinajstić information content (AvgIpc) is 2.73. The zero-order valence-electron chi connectivity index (χ0n) is 16.2. The molecule has 1 aliphatic carbocycles. The number of carbonyl (C=O) groups excluding carboxylic acids is 1. The van der Waals surface area contributed by atoms with Gasteiger partial charge in [-0.3, -0.25) is 4.79 Å². The molecule has 0 aliphatic heterocycles. The zero-order chi connectivity index (χ0) is 19.8. The number of amides is 1. The van der Waals surface area contributed by atoms with E-state index in [0.29, 0.717) is 36.4 Å². The maximum Gasteiger partial charge on any atom is 0.235 e. The summed E-state index contributed by atoms with van der Waals surface area (Å²) in [5.74, 6) is 0.532. The standard InChI is InChI=1S/C22H27ClN2O3/c1-2-27-14-15-28-20-11-10-19(16-24-20)25-21(26)22(12-4-3-5-13-22)17-6-8-18(23)9-7-17/h6-11,16H,2-5,12-15H2,1H3,(H,25,26). The van der Waals surface area contributed by atoms with Crippen molar-refractivity contribution in [2.45, 2.75) is 44.4 Å². The zero-order valence-corrected chi connectivity index (χ0v) is 17.0. The molecule has 28 heavy (non-hydrogen) atoms. The Morgan fingerprint density at radius 2 is 1.86 bits per heavy atom. The molecular formula is C22H27ClN2O3. The van der Waals surface area contributed by atoms with Crippen LogP contribution in [0.5, 0.6) is 5.88 Å². The van der Waals surface area contributed by atoms with Gasteiger partial charge >= 0.3 is 0 Å². The van der Waals surface area contributed by atoms with E-state index in [1.165, 1.54) is 0 Å². The number of nitrogens with zero attached hydrogens (tertiary/aromatic N) is 1. The number of halogens is 1. The molecule has 1 fully saturated rings. The average molecular weight is 403 g/mol. The van der Waals surface area contributed by atoms with Crippen molar-refractivity contribution >= 4 is 23.2 Å². The van der Waals surface area contributed by atoms with Crippen LogP contribution in [0.4, 0.5) is 5.69 Å². The first-order valence-corrected chi connectivity index (χ1v) is 10.3. The molecule has 1 N–H and O–H groups in total. The fraction of sp³-hybridized carbons (Fsp3) is 0.455. The number of ether oxygens (including phenoxy) is 2.